The Labute approximate surface area is 210 Å². The van der Waals surface area contributed by atoms with Crippen molar-refractivity contribution in [3.8, 4) is 11.5 Å². The Morgan fingerprint density at radius 1 is 0.800 bits per heavy atom. The Bertz CT molecular complexity index is 1130. The molecule has 0 aliphatic heterocycles. The highest BCUT2D eigenvalue weighted by atomic mass is 32.2. The molecule has 5 nitrogen and oxygen atoms in total. The van der Waals surface area contributed by atoms with E-state index in [9.17, 15) is 8.42 Å². The van der Waals surface area contributed by atoms with Crippen LogP contribution in [0.3, 0.4) is 0 Å². The molecule has 3 aromatic carbocycles. The van der Waals surface area contributed by atoms with Crippen LogP contribution in [0.5, 0.6) is 11.5 Å². The lowest BCUT2D eigenvalue weighted by atomic mass is 9.85. The van der Waals surface area contributed by atoms with Crippen molar-refractivity contribution in [3.05, 3.63) is 108 Å². The normalized spacial score (nSPS) is 14.2. The number of nitrogens with zero attached hydrogens (tertiary/aromatic N) is 1. The molecule has 0 aromatic heterocycles. The van der Waals surface area contributed by atoms with Gasteiger partial charge in [0.2, 0.25) is 10.0 Å². The number of benzene rings is 3. The molecule has 3 atom stereocenters. The summed E-state index contributed by atoms with van der Waals surface area (Å²) in [4.78, 5) is 0. The van der Waals surface area contributed by atoms with Crippen molar-refractivity contribution in [1.29, 1.82) is 0 Å². The van der Waals surface area contributed by atoms with Crippen LogP contribution in [0.2, 0.25) is 0 Å². The highest BCUT2D eigenvalue weighted by molar-refractivity contribution is 7.89. The van der Waals surface area contributed by atoms with Crippen molar-refractivity contribution >= 4 is 10.0 Å². The number of allylic oxidation sites excluding steroid dienone is 1. The molecule has 1 unspecified atom stereocenters. The topological polar surface area (TPSA) is 55.8 Å². The van der Waals surface area contributed by atoms with E-state index >= 15 is 0 Å². The summed E-state index contributed by atoms with van der Waals surface area (Å²) in [6, 6.07) is 25.0. The lowest BCUT2D eigenvalue weighted by molar-refractivity contribution is 0.376. The van der Waals surface area contributed by atoms with Gasteiger partial charge in [0, 0.05) is 19.0 Å². The first-order chi connectivity index (χ1) is 16.8. The molecule has 0 aliphatic rings. The van der Waals surface area contributed by atoms with E-state index in [0.717, 1.165) is 28.2 Å². The fourth-order valence-electron chi connectivity index (χ4n) is 4.23. The van der Waals surface area contributed by atoms with Gasteiger partial charge < -0.3 is 9.47 Å². The molecular weight excluding hydrogens is 458 g/mol. The van der Waals surface area contributed by atoms with Crippen LogP contribution in [0.25, 0.3) is 0 Å². The first-order valence-electron chi connectivity index (χ1n) is 11.7. The summed E-state index contributed by atoms with van der Waals surface area (Å²) in [6.45, 7) is 8.32. The molecule has 186 valence electrons. The predicted octanol–water partition coefficient (Wildman–Crippen LogP) is 6.03. The van der Waals surface area contributed by atoms with Gasteiger partial charge in [0.25, 0.3) is 0 Å². The molecule has 0 amide bonds. The van der Waals surface area contributed by atoms with E-state index in [-0.39, 0.29) is 24.9 Å². The van der Waals surface area contributed by atoms with E-state index in [1.165, 1.54) is 0 Å². The lowest BCUT2D eigenvalue weighted by Gasteiger charge is -2.32. The Hall–Kier alpha value is -3.09. The molecule has 3 aromatic rings. The van der Waals surface area contributed by atoms with Crippen LogP contribution < -0.4 is 9.47 Å². The standard InChI is InChI=1S/C29H35NO4S/c1-6-29(26-10-8-7-9-11-26)22(2)23(3)35(31,32)30(20-24-12-16-27(33-4)17-13-24)21-25-14-18-28(34-5)19-15-25/h6-19,22-23,29H,1,20-21H2,2-5H3/t22-,23?,29-/m1/s1. The third-order valence-corrected chi connectivity index (χ3v) is 8.96. The molecule has 0 aliphatic carbocycles. The zero-order valence-corrected chi connectivity index (χ0v) is 21.7. The molecule has 0 N–H and O–H groups in total. The van der Waals surface area contributed by atoms with Gasteiger partial charge >= 0.3 is 0 Å². The van der Waals surface area contributed by atoms with Crippen molar-refractivity contribution < 1.29 is 17.9 Å². The summed E-state index contributed by atoms with van der Waals surface area (Å²) in [5.74, 6) is 1.22. The molecule has 0 radical (unpaired) electrons. The van der Waals surface area contributed by atoms with Crippen LogP contribution in [-0.4, -0.2) is 32.2 Å². The van der Waals surface area contributed by atoms with E-state index in [2.05, 4.69) is 6.58 Å². The smallest absolute Gasteiger partial charge is 0.217 e. The highest BCUT2D eigenvalue weighted by Crippen LogP contribution is 2.33. The van der Waals surface area contributed by atoms with E-state index in [1.54, 1.807) is 25.4 Å². The maximum Gasteiger partial charge on any atom is 0.217 e. The van der Waals surface area contributed by atoms with Crippen molar-refractivity contribution in [3.63, 3.8) is 0 Å². The molecule has 0 saturated carbocycles. The van der Waals surface area contributed by atoms with Gasteiger partial charge in [-0.1, -0.05) is 67.6 Å². The second kappa shape index (κ2) is 12.0. The molecule has 0 fully saturated rings. The average Bonchev–Trinajstić information content (AvgIpc) is 2.89. The number of ether oxygens (including phenoxy) is 2. The van der Waals surface area contributed by atoms with E-state index in [1.807, 2.05) is 91.9 Å². The molecule has 0 bridgehead atoms. The number of hydrogen-bond acceptors (Lipinski definition) is 4. The third-order valence-electron chi connectivity index (χ3n) is 6.61. The molecule has 0 spiro atoms. The van der Waals surface area contributed by atoms with Crippen LogP contribution in [0.4, 0.5) is 0 Å². The third kappa shape index (κ3) is 6.53. The lowest BCUT2D eigenvalue weighted by Crippen LogP contribution is -2.40. The number of hydrogen-bond donors (Lipinski definition) is 0. The van der Waals surface area contributed by atoms with Crippen molar-refractivity contribution in [2.75, 3.05) is 14.2 Å². The summed E-state index contributed by atoms with van der Waals surface area (Å²) >= 11 is 0. The minimum atomic E-state index is -3.67. The van der Waals surface area contributed by atoms with Gasteiger partial charge in [-0.25, -0.2) is 8.42 Å². The van der Waals surface area contributed by atoms with Gasteiger partial charge in [0.1, 0.15) is 11.5 Å². The van der Waals surface area contributed by atoms with Crippen LogP contribution in [-0.2, 0) is 23.1 Å². The zero-order chi connectivity index (χ0) is 25.4. The molecule has 35 heavy (non-hydrogen) atoms. The fourth-order valence-corrected chi connectivity index (χ4v) is 6.07. The number of rotatable bonds is 12. The second-order valence-electron chi connectivity index (χ2n) is 8.75. The monoisotopic (exact) mass is 493 g/mol. The van der Waals surface area contributed by atoms with Crippen LogP contribution in [0.1, 0.15) is 36.5 Å². The summed E-state index contributed by atoms with van der Waals surface area (Å²) in [7, 11) is -0.443. The first kappa shape index (κ1) is 26.5. The molecule has 3 rings (SSSR count). The van der Waals surface area contributed by atoms with Gasteiger partial charge in [-0.3, -0.25) is 0 Å². The Kier molecular flexibility index (Phi) is 9.13. The van der Waals surface area contributed by atoms with E-state index < -0.39 is 15.3 Å². The maximum absolute atomic E-state index is 14.0. The number of sulfonamides is 1. The Balaban J connectivity index is 1.92. The first-order valence-corrected chi connectivity index (χ1v) is 13.2. The highest BCUT2D eigenvalue weighted by Gasteiger charge is 2.35. The van der Waals surface area contributed by atoms with Crippen LogP contribution in [0, 0.1) is 5.92 Å². The van der Waals surface area contributed by atoms with Crippen LogP contribution in [0.15, 0.2) is 91.5 Å². The SMILES string of the molecule is C=C[C@@H](c1ccccc1)[C@H](C)C(C)S(=O)(=O)N(Cc1ccc(OC)cc1)Cc1ccc(OC)cc1. The Morgan fingerprint density at radius 3 is 1.66 bits per heavy atom. The van der Waals surface area contributed by atoms with Gasteiger partial charge in [-0.05, 0) is 53.8 Å². The van der Waals surface area contributed by atoms with Gasteiger partial charge in [0.05, 0.1) is 19.5 Å². The van der Waals surface area contributed by atoms with Crippen LogP contribution >= 0.6 is 0 Å². The van der Waals surface area contributed by atoms with Crippen molar-refractivity contribution in [2.24, 2.45) is 5.92 Å². The average molecular weight is 494 g/mol. The Morgan fingerprint density at radius 2 is 1.26 bits per heavy atom. The van der Waals surface area contributed by atoms with Gasteiger partial charge in [0.15, 0.2) is 0 Å². The molecule has 0 saturated heterocycles. The summed E-state index contributed by atoms with van der Waals surface area (Å²) in [5, 5.41) is -0.623. The fraction of sp³-hybridized carbons (Fsp3) is 0.310. The van der Waals surface area contributed by atoms with Crippen molar-refractivity contribution in [2.45, 2.75) is 38.1 Å². The maximum atomic E-state index is 14.0. The van der Waals surface area contributed by atoms with E-state index in [4.69, 9.17) is 9.47 Å². The summed E-state index contributed by atoms with van der Waals surface area (Å²) in [5.41, 5.74) is 2.85. The summed E-state index contributed by atoms with van der Waals surface area (Å²) < 4.78 is 40.1. The minimum Gasteiger partial charge on any atom is -0.497 e. The quantitative estimate of drug-likeness (QED) is 0.289. The molecule has 0 heterocycles. The molecule has 6 heteroatoms. The van der Waals surface area contributed by atoms with Gasteiger partial charge in [-0.2, -0.15) is 4.31 Å². The van der Waals surface area contributed by atoms with Crippen molar-refractivity contribution in [1.82, 2.24) is 4.31 Å². The number of methoxy groups -OCH3 is 2. The summed E-state index contributed by atoms with van der Waals surface area (Å²) in [6.07, 6.45) is 1.85. The largest absolute Gasteiger partial charge is 0.497 e. The zero-order valence-electron chi connectivity index (χ0n) is 20.9. The second-order valence-corrected chi connectivity index (χ2v) is 11.0. The minimum absolute atomic E-state index is 0.0789. The van der Waals surface area contributed by atoms with Gasteiger partial charge in [-0.15, -0.1) is 6.58 Å². The predicted molar refractivity (Wildman–Crippen MR) is 142 cm³/mol. The van der Waals surface area contributed by atoms with E-state index in [0.29, 0.717) is 0 Å². The molecular formula is C29H35NO4S.